The fourth-order valence-electron chi connectivity index (χ4n) is 5.93. The van der Waals surface area contributed by atoms with Crippen LogP contribution >= 0.6 is 0 Å². The van der Waals surface area contributed by atoms with Gasteiger partial charge >= 0.3 is 6.09 Å². The molecule has 1 aliphatic heterocycles. The molecule has 4 saturated carbocycles. The van der Waals surface area contributed by atoms with E-state index < -0.39 is 0 Å². The fourth-order valence-corrected chi connectivity index (χ4v) is 5.93. The molecule has 1 saturated heterocycles. The molecule has 0 spiro atoms. The highest BCUT2D eigenvalue weighted by molar-refractivity contribution is 5.83. The second kappa shape index (κ2) is 5.14. The summed E-state index contributed by atoms with van der Waals surface area (Å²) in [6.07, 6.45) is 7.18. The fraction of sp³-hybridized carbons (Fsp3) is 0.882. The minimum atomic E-state index is -0.276. The Hall–Kier alpha value is -1.26. The number of rotatable bonds is 1. The lowest BCUT2D eigenvalue weighted by molar-refractivity contribution is -0.159. The second-order valence-corrected chi connectivity index (χ2v) is 7.95. The molecule has 0 unspecified atom stereocenters. The molecule has 5 heteroatoms. The maximum atomic E-state index is 13.2. The molecule has 5 fully saturated rings. The molecule has 0 radical (unpaired) electrons. The van der Waals surface area contributed by atoms with Gasteiger partial charge in [-0.1, -0.05) is 0 Å². The highest BCUT2D eigenvalue weighted by atomic mass is 16.5. The minimum absolute atomic E-state index is 0.0534. The quantitative estimate of drug-likeness (QED) is 0.745. The van der Waals surface area contributed by atoms with Crippen LogP contribution in [-0.4, -0.2) is 55.1 Å². The van der Waals surface area contributed by atoms with Gasteiger partial charge in [-0.25, -0.2) is 4.79 Å². The molecule has 0 aromatic heterocycles. The average Bonchev–Trinajstić information content (AvgIpc) is 2.52. The van der Waals surface area contributed by atoms with E-state index in [0.29, 0.717) is 32.1 Å². The van der Waals surface area contributed by atoms with Crippen LogP contribution in [0.1, 0.15) is 38.5 Å². The molecule has 2 amide bonds. The molecule has 5 aliphatic rings. The monoisotopic (exact) mass is 306 g/mol. The molecule has 5 rings (SSSR count). The van der Waals surface area contributed by atoms with Crippen LogP contribution in [-0.2, 0) is 9.53 Å². The van der Waals surface area contributed by atoms with E-state index in [1.165, 1.54) is 26.4 Å². The summed E-state index contributed by atoms with van der Waals surface area (Å²) in [6.45, 7) is 2.53. The molecule has 4 aliphatic carbocycles. The van der Waals surface area contributed by atoms with Crippen LogP contribution in [0.4, 0.5) is 4.79 Å². The molecule has 0 atom stereocenters. The molecule has 5 nitrogen and oxygen atoms in total. The summed E-state index contributed by atoms with van der Waals surface area (Å²) in [5.74, 6) is 2.78. The molecule has 122 valence electrons. The van der Waals surface area contributed by atoms with Crippen molar-refractivity contribution in [3.05, 3.63) is 0 Å². The Bertz CT molecular complexity index is 447. The molecule has 22 heavy (non-hydrogen) atoms. The van der Waals surface area contributed by atoms with Gasteiger partial charge in [-0.05, 0) is 56.3 Å². The lowest BCUT2D eigenvalue weighted by Crippen LogP contribution is -2.58. The van der Waals surface area contributed by atoms with Gasteiger partial charge in [0.2, 0.25) is 5.91 Å². The summed E-state index contributed by atoms with van der Waals surface area (Å²) < 4.78 is 4.77. The van der Waals surface area contributed by atoms with E-state index in [0.717, 1.165) is 37.0 Å². The van der Waals surface area contributed by atoms with E-state index in [-0.39, 0.29) is 11.5 Å². The number of hydrogen-bond donors (Lipinski definition) is 0. The summed E-state index contributed by atoms with van der Waals surface area (Å²) in [4.78, 5) is 28.5. The van der Waals surface area contributed by atoms with Crippen molar-refractivity contribution in [2.75, 3.05) is 33.3 Å². The van der Waals surface area contributed by atoms with Crippen molar-refractivity contribution < 1.29 is 14.3 Å². The second-order valence-electron chi connectivity index (χ2n) is 7.95. The Morgan fingerprint density at radius 2 is 1.32 bits per heavy atom. The number of carbonyl (C=O) groups excluding carboxylic acids is 2. The van der Waals surface area contributed by atoms with Gasteiger partial charge in [0.15, 0.2) is 0 Å². The van der Waals surface area contributed by atoms with Crippen LogP contribution in [0.25, 0.3) is 0 Å². The van der Waals surface area contributed by atoms with Crippen LogP contribution in [0, 0.1) is 23.2 Å². The number of ether oxygens (including phenoxy) is 1. The van der Waals surface area contributed by atoms with E-state index in [9.17, 15) is 9.59 Å². The maximum Gasteiger partial charge on any atom is 0.409 e. The van der Waals surface area contributed by atoms with Gasteiger partial charge in [0.1, 0.15) is 0 Å². The topological polar surface area (TPSA) is 49.9 Å². The van der Waals surface area contributed by atoms with Gasteiger partial charge in [0, 0.05) is 26.2 Å². The van der Waals surface area contributed by atoms with E-state index in [2.05, 4.69) is 0 Å². The summed E-state index contributed by atoms with van der Waals surface area (Å²) in [5.41, 5.74) is -0.0534. The number of nitrogens with zero attached hydrogens (tertiary/aromatic N) is 2. The Balaban J connectivity index is 1.43. The number of amides is 2. The lowest BCUT2D eigenvalue weighted by atomic mass is 9.49. The van der Waals surface area contributed by atoms with Crippen molar-refractivity contribution in [2.24, 2.45) is 23.2 Å². The zero-order valence-corrected chi connectivity index (χ0v) is 13.4. The van der Waals surface area contributed by atoms with Crippen molar-refractivity contribution in [3.63, 3.8) is 0 Å². The van der Waals surface area contributed by atoms with E-state index in [1.807, 2.05) is 4.90 Å². The summed E-state index contributed by atoms with van der Waals surface area (Å²) in [7, 11) is 1.41. The third-order valence-corrected chi connectivity index (χ3v) is 6.49. The van der Waals surface area contributed by atoms with Crippen LogP contribution in [0.2, 0.25) is 0 Å². The molecule has 0 N–H and O–H groups in total. The molecular formula is C17H26N2O3. The van der Waals surface area contributed by atoms with E-state index in [1.54, 1.807) is 4.90 Å². The first-order valence-electron chi connectivity index (χ1n) is 8.72. The largest absolute Gasteiger partial charge is 0.453 e. The minimum Gasteiger partial charge on any atom is -0.453 e. The lowest BCUT2D eigenvalue weighted by Gasteiger charge is -2.57. The average molecular weight is 306 g/mol. The summed E-state index contributed by atoms with van der Waals surface area (Å²) in [5, 5.41) is 0. The van der Waals surface area contributed by atoms with Crippen molar-refractivity contribution in [1.29, 1.82) is 0 Å². The van der Waals surface area contributed by atoms with Crippen LogP contribution in [0.15, 0.2) is 0 Å². The van der Waals surface area contributed by atoms with Crippen molar-refractivity contribution >= 4 is 12.0 Å². The Kier molecular flexibility index (Phi) is 3.35. The Morgan fingerprint density at radius 3 is 1.77 bits per heavy atom. The van der Waals surface area contributed by atoms with Crippen molar-refractivity contribution in [1.82, 2.24) is 9.80 Å². The molecule has 4 bridgehead atoms. The molecule has 0 aromatic carbocycles. The predicted molar refractivity (Wildman–Crippen MR) is 81.2 cm³/mol. The molecular weight excluding hydrogens is 280 g/mol. The zero-order valence-electron chi connectivity index (χ0n) is 13.4. The first kappa shape index (κ1) is 14.3. The molecule has 0 aromatic rings. The SMILES string of the molecule is COC(=O)N1CCN(C(=O)C23CC4CC(CC(C4)C2)C3)CC1. The van der Waals surface area contributed by atoms with Crippen LogP contribution in [0.5, 0.6) is 0 Å². The Morgan fingerprint density at radius 1 is 0.864 bits per heavy atom. The zero-order chi connectivity index (χ0) is 15.3. The smallest absolute Gasteiger partial charge is 0.409 e. The summed E-state index contributed by atoms with van der Waals surface area (Å²) in [6, 6.07) is 0. The highest BCUT2D eigenvalue weighted by Gasteiger charge is 2.55. The van der Waals surface area contributed by atoms with Crippen molar-refractivity contribution in [2.45, 2.75) is 38.5 Å². The third kappa shape index (κ3) is 2.20. The van der Waals surface area contributed by atoms with Gasteiger partial charge in [0.25, 0.3) is 0 Å². The van der Waals surface area contributed by atoms with E-state index >= 15 is 0 Å². The normalized spacial score (nSPS) is 40.0. The van der Waals surface area contributed by atoms with Crippen LogP contribution < -0.4 is 0 Å². The van der Waals surface area contributed by atoms with Crippen LogP contribution in [0.3, 0.4) is 0 Å². The predicted octanol–water partition coefficient (Wildman–Crippen LogP) is 2.11. The standard InChI is InChI=1S/C17H26N2O3/c1-22-16(21)19-4-2-18(3-5-19)15(20)17-9-12-6-13(10-17)8-14(7-12)11-17/h12-14H,2-11H2,1H3. The van der Waals surface area contributed by atoms with Gasteiger partial charge in [-0.2, -0.15) is 0 Å². The number of piperazine rings is 1. The number of methoxy groups -OCH3 is 1. The van der Waals surface area contributed by atoms with Gasteiger partial charge in [0.05, 0.1) is 12.5 Å². The first-order chi connectivity index (χ1) is 10.6. The Labute approximate surface area is 132 Å². The van der Waals surface area contributed by atoms with E-state index in [4.69, 9.17) is 4.74 Å². The third-order valence-electron chi connectivity index (χ3n) is 6.49. The number of carbonyl (C=O) groups is 2. The van der Waals surface area contributed by atoms with Gasteiger partial charge in [-0.15, -0.1) is 0 Å². The molecule has 1 heterocycles. The maximum absolute atomic E-state index is 13.2. The van der Waals surface area contributed by atoms with Gasteiger partial charge < -0.3 is 14.5 Å². The first-order valence-corrected chi connectivity index (χ1v) is 8.72. The van der Waals surface area contributed by atoms with Gasteiger partial charge in [-0.3, -0.25) is 4.79 Å². The highest BCUT2D eigenvalue weighted by Crippen LogP contribution is 2.60. The summed E-state index contributed by atoms with van der Waals surface area (Å²) >= 11 is 0. The number of hydrogen-bond acceptors (Lipinski definition) is 3. The van der Waals surface area contributed by atoms with Crippen molar-refractivity contribution in [3.8, 4) is 0 Å².